The molecule has 0 aliphatic carbocycles. The van der Waals surface area contributed by atoms with Crippen LogP contribution in [0.15, 0.2) is 4.99 Å². The Bertz CT molecular complexity index is 318. The Balaban J connectivity index is 0. The second-order valence-corrected chi connectivity index (χ2v) is 6.90. The average molecular weight is 416 g/mol. The topological polar surface area (TPSA) is 56.7 Å². The van der Waals surface area contributed by atoms with Gasteiger partial charge in [-0.15, -0.1) is 24.0 Å². The Hall–Kier alpha value is -0.180. The van der Waals surface area contributed by atoms with Crippen LogP contribution in [-0.4, -0.2) is 61.0 Å². The van der Waals surface area contributed by atoms with Gasteiger partial charge in [0.1, 0.15) is 0 Å². The van der Waals surface area contributed by atoms with Crippen molar-refractivity contribution in [1.29, 1.82) is 0 Å². The first-order valence-electron chi connectivity index (χ1n) is 6.45. The van der Waals surface area contributed by atoms with Crippen molar-refractivity contribution >= 4 is 47.6 Å². The molecule has 0 rings (SSSR count). The van der Waals surface area contributed by atoms with Crippen LogP contribution in [0.5, 0.6) is 0 Å². The maximum atomic E-state index is 11.8. The number of nitrogens with zero attached hydrogens (tertiary/aromatic N) is 2. The van der Waals surface area contributed by atoms with Crippen LogP contribution in [0.4, 0.5) is 0 Å². The Morgan fingerprint density at radius 1 is 1.40 bits per heavy atom. The second-order valence-electron chi connectivity index (χ2n) is 5.63. The predicted octanol–water partition coefficient (Wildman–Crippen LogP) is 1.78. The summed E-state index contributed by atoms with van der Waals surface area (Å²) in [5.41, 5.74) is -0.206. The molecule has 0 heterocycles. The molecular weight excluding hydrogens is 387 g/mol. The monoisotopic (exact) mass is 416 g/mol. The van der Waals surface area contributed by atoms with Crippen LogP contribution in [0.25, 0.3) is 0 Å². The fraction of sp³-hybridized carbons (Fsp3) is 0.846. The summed E-state index contributed by atoms with van der Waals surface area (Å²) in [5, 5.41) is 6.71. The lowest BCUT2D eigenvalue weighted by Crippen LogP contribution is -2.49. The molecule has 0 fully saturated rings. The number of rotatable bonds is 5. The van der Waals surface area contributed by atoms with Crippen LogP contribution in [0.3, 0.4) is 0 Å². The Kier molecular flexibility index (Phi) is 11.6. The largest absolute Gasteiger partial charge is 0.355 e. The fourth-order valence-corrected chi connectivity index (χ4v) is 1.70. The molecule has 0 aliphatic rings. The summed E-state index contributed by atoms with van der Waals surface area (Å²) in [5.74, 6) is 0.737. The van der Waals surface area contributed by atoms with E-state index in [-0.39, 0.29) is 35.4 Å². The molecule has 1 unspecified atom stereocenters. The summed E-state index contributed by atoms with van der Waals surface area (Å²) < 4.78 is 0. The van der Waals surface area contributed by atoms with Crippen molar-refractivity contribution in [3.63, 3.8) is 0 Å². The van der Waals surface area contributed by atoms with Gasteiger partial charge in [-0.1, -0.05) is 6.92 Å². The molecule has 120 valence electrons. The number of aliphatic imine (C=N–C) groups is 1. The van der Waals surface area contributed by atoms with E-state index in [2.05, 4.69) is 28.8 Å². The standard InChI is InChI=1S/C13H28N4OS.HI/c1-10(19-7)8-15-12(14-5)17(6)9-11(18)16-13(2,3)4;/h10H,8-9H2,1-7H3,(H,14,15)(H,16,18);1H. The lowest BCUT2D eigenvalue weighted by molar-refractivity contribution is -0.122. The van der Waals surface area contributed by atoms with E-state index in [9.17, 15) is 4.79 Å². The molecule has 1 atom stereocenters. The van der Waals surface area contributed by atoms with Crippen molar-refractivity contribution in [2.75, 3.05) is 33.4 Å². The zero-order chi connectivity index (χ0) is 15.1. The minimum atomic E-state index is -0.206. The molecule has 0 saturated heterocycles. The first kappa shape index (κ1) is 22.1. The summed E-state index contributed by atoms with van der Waals surface area (Å²) in [4.78, 5) is 17.9. The highest BCUT2D eigenvalue weighted by molar-refractivity contribution is 14.0. The number of nitrogens with one attached hydrogen (secondary N) is 2. The number of hydrogen-bond acceptors (Lipinski definition) is 3. The van der Waals surface area contributed by atoms with E-state index in [0.29, 0.717) is 11.8 Å². The van der Waals surface area contributed by atoms with Crippen molar-refractivity contribution in [2.24, 2.45) is 4.99 Å². The van der Waals surface area contributed by atoms with Gasteiger partial charge in [0.2, 0.25) is 5.91 Å². The predicted molar refractivity (Wildman–Crippen MR) is 100 cm³/mol. The minimum Gasteiger partial charge on any atom is -0.355 e. The smallest absolute Gasteiger partial charge is 0.240 e. The summed E-state index contributed by atoms with van der Waals surface area (Å²) >= 11 is 1.80. The number of carbonyl (C=O) groups excluding carboxylic acids is 1. The molecular formula is C13H29IN4OS. The summed E-state index contributed by atoms with van der Waals surface area (Å²) in [6.45, 7) is 9.19. The molecule has 0 aliphatic heterocycles. The highest BCUT2D eigenvalue weighted by Gasteiger charge is 2.16. The number of likely N-dealkylation sites (N-methyl/N-ethyl adjacent to an activating group) is 1. The van der Waals surface area contributed by atoms with Crippen molar-refractivity contribution in [3.05, 3.63) is 0 Å². The molecule has 7 heteroatoms. The Labute approximate surface area is 144 Å². The minimum absolute atomic E-state index is 0. The van der Waals surface area contributed by atoms with Crippen molar-refractivity contribution < 1.29 is 4.79 Å². The fourth-order valence-electron chi connectivity index (χ4n) is 1.45. The van der Waals surface area contributed by atoms with Crippen molar-refractivity contribution in [3.8, 4) is 0 Å². The van der Waals surface area contributed by atoms with E-state index in [1.807, 2.05) is 32.7 Å². The number of amides is 1. The highest BCUT2D eigenvalue weighted by Crippen LogP contribution is 2.03. The first-order valence-corrected chi connectivity index (χ1v) is 7.74. The zero-order valence-corrected chi connectivity index (χ0v) is 16.8. The maximum Gasteiger partial charge on any atom is 0.240 e. The van der Waals surface area contributed by atoms with Crippen LogP contribution in [0.2, 0.25) is 0 Å². The van der Waals surface area contributed by atoms with Gasteiger partial charge in [0.15, 0.2) is 5.96 Å². The second kappa shape index (κ2) is 10.5. The van der Waals surface area contributed by atoms with Crippen molar-refractivity contribution in [2.45, 2.75) is 38.5 Å². The van der Waals surface area contributed by atoms with Gasteiger partial charge >= 0.3 is 0 Å². The molecule has 0 radical (unpaired) electrons. The van der Waals surface area contributed by atoms with Crippen LogP contribution in [0.1, 0.15) is 27.7 Å². The van der Waals surface area contributed by atoms with Gasteiger partial charge in [-0.2, -0.15) is 11.8 Å². The first-order chi connectivity index (χ1) is 8.69. The molecule has 0 aromatic carbocycles. The van der Waals surface area contributed by atoms with Crippen LogP contribution < -0.4 is 10.6 Å². The molecule has 0 aromatic heterocycles. The van der Waals surface area contributed by atoms with E-state index < -0.39 is 0 Å². The Morgan fingerprint density at radius 3 is 2.35 bits per heavy atom. The highest BCUT2D eigenvalue weighted by atomic mass is 127. The SMILES string of the molecule is CN=C(NCC(C)SC)N(C)CC(=O)NC(C)(C)C.I. The number of carbonyl (C=O) groups is 1. The van der Waals surface area contributed by atoms with Gasteiger partial charge < -0.3 is 15.5 Å². The molecule has 0 saturated carbocycles. The maximum absolute atomic E-state index is 11.8. The quantitative estimate of drug-likeness (QED) is 0.408. The molecule has 1 amide bonds. The van der Waals surface area contributed by atoms with Gasteiger partial charge in [0, 0.05) is 31.4 Å². The van der Waals surface area contributed by atoms with Crippen LogP contribution in [0, 0.1) is 0 Å². The third-order valence-corrected chi connectivity index (χ3v) is 3.39. The van der Waals surface area contributed by atoms with E-state index in [1.54, 1.807) is 18.8 Å². The van der Waals surface area contributed by atoms with Gasteiger partial charge in [-0.3, -0.25) is 9.79 Å². The average Bonchev–Trinajstić information content (AvgIpc) is 2.26. The summed E-state index contributed by atoms with van der Waals surface area (Å²) in [6, 6.07) is 0. The lowest BCUT2D eigenvalue weighted by Gasteiger charge is -2.26. The van der Waals surface area contributed by atoms with Crippen LogP contribution >= 0.6 is 35.7 Å². The molecule has 0 spiro atoms. The molecule has 0 aromatic rings. The van der Waals surface area contributed by atoms with Gasteiger partial charge in [-0.05, 0) is 27.0 Å². The number of hydrogen-bond donors (Lipinski definition) is 2. The normalized spacial score (nSPS) is 13.2. The molecule has 20 heavy (non-hydrogen) atoms. The van der Waals surface area contributed by atoms with Gasteiger partial charge in [-0.25, -0.2) is 0 Å². The summed E-state index contributed by atoms with van der Waals surface area (Å²) in [6.07, 6.45) is 2.08. The third kappa shape index (κ3) is 10.6. The number of halogens is 1. The van der Waals surface area contributed by atoms with E-state index >= 15 is 0 Å². The van der Waals surface area contributed by atoms with Crippen molar-refractivity contribution in [1.82, 2.24) is 15.5 Å². The number of thioether (sulfide) groups is 1. The van der Waals surface area contributed by atoms with E-state index in [0.717, 1.165) is 12.5 Å². The van der Waals surface area contributed by atoms with Gasteiger partial charge in [0.05, 0.1) is 6.54 Å². The Morgan fingerprint density at radius 2 is 1.95 bits per heavy atom. The van der Waals surface area contributed by atoms with Crippen LogP contribution in [-0.2, 0) is 4.79 Å². The third-order valence-electron chi connectivity index (χ3n) is 2.42. The zero-order valence-electron chi connectivity index (χ0n) is 13.6. The molecule has 0 bridgehead atoms. The lowest BCUT2D eigenvalue weighted by atomic mass is 10.1. The molecule has 2 N–H and O–H groups in total. The van der Waals surface area contributed by atoms with Gasteiger partial charge in [0.25, 0.3) is 0 Å². The summed E-state index contributed by atoms with van der Waals surface area (Å²) in [7, 11) is 3.59. The van der Waals surface area contributed by atoms with E-state index in [1.165, 1.54) is 0 Å². The van der Waals surface area contributed by atoms with E-state index in [4.69, 9.17) is 0 Å². The number of guanidine groups is 1. The molecule has 5 nitrogen and oxygen atoms in total.